The van der Waals surface area contributed by atoms with Gasteiger partial charge in [0.2, 0.25) is 12.6 Å². The van der Waals surface area contributed by atoms with E-state index < -0.39 is 0 Å². The number of carbonyl (C=O) groups is 1. The summed E-state index contributed by atoms with van der Waals surface area (Å²) in [5, 5.41) is 4.09. The zero-order valence-corrected chi connectivity index (χ0v) is 16.0. The topological polar surface area (TPSA) is 77.9 Å². The molecule has 148 valence electrons. The highest BCUT2D eigenvalue weighted by Gasteiger charge is 2.23. The Hall–Kier alpha value is -3.66. The Morgan fingerprint density at radius 1 is 1.28 bits per heavy atom. The van der Waals surface area contributed by atoms with Crippen molar-refractivity contribution in [2.24, 2.45) is 0 Å². The minimum Gasteiger partial charge on any atom is -0.467 e. The molecule has 4 rings (SSSR count). The average molecular weight is 392 g/mol. The molecule has 1 aromatic carbocycles. The Morgan fingerprint density at radius 3 is 2.93 bits per heavy atom. The number of aromatic nitrogens is 1. The van der Waals surface area contributed by atoms with Crippen LogP contribution in [-0.2, 0) is 13.0 Å². The van der Waals surface area contributed by atoms with Gasteiger partial charge in [-0.25, -0.2) is 0 Å². The number of hydrogen-bond donors (Lipinski definition) is 0. The predicted octanol–water partition coefficient (Wildman–Crippen LogP) is 3.62. The largest absolute Gasteiger partial charge is 0.467 e. The molecule has 1 atom stereocenters. The standard InChI is InChI=1S/C22H20N2O5/c1-3-8-24(13-17-5-4-9-26-17)22(25)21-12-18(23-29-21)15(2)10-16-6-7-19-20(11-16)28-14-27-19/h1,4-7,9,11-12,15H,8,10,13-14H2,2H3. The Kier molecular flexibility index (Phi) is 5.25. The number of terminal acetylenes is 1. The lowest BCUT2D eigenvalue weighted by Crippen LogP contribution is -2.30. The first-order valence-electron chi connectivity index (χ1n) is 9.24. The van der Waals surface area contributed by atoms with E-state index in [0.717, 1.165) is 23.5 Å². The lowest BCUT2D eigenvalue weighted by molar-refractivity contribution is 0.0713. The van der Waals surface area contributed by atoms with Crippen molar-refractivity contribution < 1.29 is 23.2 Å². The van der Waals surface area contributed by atoms with Crippen LogP contribution in [0.3, 0.4) is 0 Å². The van der Waals surface area contributed by atoms with Gasteiger partial charge in [-0.05, 0) is 36.2 Å². The van der Waals surface area contributed by atoms with Gasteiger partial charge in [-0.1, -0.05) is 24.1 Å². The Labute approximate surface area is 168 Å². The van der Waals surface area contributed by atoms with Crippen molar-refractivity contribution in [1.82, 2.24) is 10.1 Å². The number of rotatable bonds is 7. The molecule has 0 spiro atoms. The summed E-state index contributed by atoms with van der Waals surface area (Å²) in [4.78, 5) is 14.3. The van der Waals surface area contributed by atoms with E-state index in [1.807, 2.05) is 25.1 Å². The molecule has 2 aromatic heterocycles. The number of fused-ring (bicyclic) bond motifs is 1. The monoisotopic (exact) mass is 392 g/mol. The maximum absolute atomic E-state index is 12.8. The molecule has 3 heterocycles. The molecule has 7 heteroatoms. The molecular weight excluding hydrogens is 372 g/mol. The van der Waals surface area contributed by atoms with Gasteiger partial charge in [-0.15, -0.1) is 6.42 Å². The Bertz CT molecular complexity index is 1030. The molecule has 0 bridgehead atoms. The van der Waals surface area contributed by atoms with Crippen LogP contribution in [0, 0.1) is 12.3 Å². The van der Waals surface area contributed by atoms with Crippen LogP contribution in [-0.4, -0.2) is 29.3 Å². The number of amides is 1. The SMILES string of the molecule is C#CCN(Cc1ccco1)C(=O)c1cc(C(C)Cc2ccc3c(c2)OCO3)no1. The summed E-state index contributed by atoms with van der Waals surface area (Å²) in [7, 11) is 0. The molecule has 0 N–H and O–H groups in total. The van der Waals surface area contributed by atoms with Crippen LogP contribution in [0.15, 0.2) is 51.6 Å². The van der Waals surface area contributed by atoms with Gasteiger partial charge in [0.15, 0.2) is 11.5 Å². The van der Waals surface area contributed by atoms with Crippen molar-refractivity contribution in [3.05, 3.63) is 65.4 Å². The summed E-state index contributed by atoms with van der Waals surface area (Å²) >= 11 is 0. The van der Waals surface area contributed by atoms with Crippen molar-refractivity contribution in [2.45, 2.75) is 25.8 Å². The molecule has 3 aromatic rings. The van der Waals surface area contributed by atoms with Crippen LogP contribution in [0.2, 0.25) is 0 Å². The maximum Gasteiger partial charge on any atom is 0.293 e. The van der Waals surface area contributed by atoms with Gasteiger partial charge in [-0.2, -0.15) is 0 Å². The predicted molar refractivity (Wildman–Crippen MR) is 103 cm³/mol. The van der Waals surface area contributed by atoms with Gasteiger partial charge < -0.3 is 23.3 Å². The van der Waals surface area contributed by atoms with E-state index in [-0.39, 0.29) is 37.5 Å². The smallest absolute Gasteiger partial charge is 0.293 e. The first-order chi connectivity index (χ1) is 14.1. The summed E-state index contributed by atoms with van der Waals surface area (Å²) in [5.41, 5.74) is 1.79. The third kappa shape index (κ3) is 4.11. The van der Waals surface area contributed by atoms with Crippen LogP contribution in [0.4, 0.5) is 0 Å². The highest BCUT2D eigenvalue weighted by Crippen LogP contribution is 2.34. The van der Waals surface area contributed by atoms with Gasteiger partial charge in [0.05, 0.1) is 25.0 Å². The van der Waals surface area contributed by atoms with E-state index in [1.54, 1.807) is 24.5 Å². The fourth-order valence-corrected chi connectivity index (χ4v) is 3.20. The maximum atomic E-state index is 12.8. The molecule has 1 amide bonds. The van der Waals surface area contributed by atoms with Crippen molar-refractivity contribution >= 4 is 5.91 Å². The van der Waals surface area contributed by atoms with Crippen molar-refractivity contribution in [3.63, 3.8) is 0 Å². The highest BCUT2D eigenvalue weighted by atomic mass is 16.7. The summed E-state index contributed by atoms with van der Waals surface area (Å²) in [6.07, 6.45) is 7.69. The first-order valence-corrected chi connectivity index (χ1v) is 9.24. The van der Waals surface area contributed by atoms with Crippen LogP contribution < -0.4 is 9.47 Å². The molecule has 1 aliphatic rings. The average Bonchev–Trinajstić information content (AvgIpc) is 3.47. The number of carbonyl (C=O) groups excluding carboxylic acids is 1. The zero-order valence-electron chi connectivity index (χ0n) is 16.0. The quantitative estimate of drug-likeness (QED) is 0.572. The number of nitrogens with zero attached hydrogens (tertiary/aromatic N) is 2. The fraction of sp³-hybridized carbons (Fsp3) is 0.273. The number of benzene rings is 1. The van der Waals surface area contributed by atoms with Crippen molar-refractivity contribution in [3.8, 4) is 23.8 Å². The first kappa shape index (κ1) is 18.7. The normalized spacial score (nSPS) is 13.1. The van der Waals surface area contributed by atoms with Gasteiger partial charge in [0.25, 0.3) is 5.91 Å². The molecule has 1 aliphatic heterocycles. The summed E-state index contributed by atoms with van der Waals surface area (Å²) in [5.74, 6) is 4.51. The van der Waals surface area contributed by atoms with Gasteiger partial charge >= 0.3 is 0 Å². The van der Waals surface area contributed by atoms with Gasteiger partial charge in [0.1, 0.15) is 5.76 Å². The van der Waals surface area contributed by atoms with Crippen LogP contribution in [0.5, 0.6) is 11.5 Å². The van der Waals surface area contributed by atoms with Crippen molar-refractivity contribution in [2.75, 3.05) is 13.3 Å². The minimum atomic E-state index is -0.326. The van der Waals surface area contributed by atoms with E-state index >= 15 is 0 Å². The Morgan fingerprint density at radius 2 is 2.14 bits per heavy atom. The van der Waals surface area contributed by atoms with E-state index in [2.05, 4.69) is 11.1 Å². The number of ether oxygens (including phenoxy) is 2. The number of furan rings is 1. The number of hydrogen-bond acceptors (Lipinski definition) is 6. The van der Waals surface area contributed by atoms with Crippen LogP contribution in [0.25, 0.3) is 0 Å². The fourth-order valence-electron chi connectivity index (χ4n) is 3.20. The molecule has 7 nitrogen and oxygen atoms in total. The summed E-state index contributed by atoms with van der Waals surface area (Å²) in [6, 6.07) is 11.1. The highest BCUT2D eigenvalue weighted by molar-refractivity contribution is 5.91. The van der Waals surface area contributed by atoms with Gasteiger partial charge in [0, 0.05) is 12.0 Å². The molecule has 0 fully saturated rings. The third-order valence-corrected chi connectivity index (χ3v) is 4.72. The minimum absolute atomic E-state index is 0.0480. The molecular formula is C22H20N2O5. The van der Waals surface area contributed by atoms with Crippen molar-refractivity contribution in [1.29, 1.82) is 0 Å². The van der Waals surface area contributed by atoms with E-state index in [4.69, 9.17) is 24.8 Å². The second-order valence-electron chi connectivity index (χ2n) is 6.85. The zero-order chi connectivity index (χ0) is 20.2. The second kappa shape index (κ2) is 8.15. The molecule has 0 aliphatic carbocycles. The summed E-state index contributed by atoms with van der Waals surface area (Å²) < 4.78 is 21.4. The van der Waals surface area contributed by atoms with E-state index in [0.29, 0.717) is 11.5 Å². The molecule has 0 radical (unpaired) electrons. The second-order valence-corrected chi connectivity index (χ2v) is 6.85. The molecule has 0 saturated carbocycles. The van der Waals surface area contributed by atoms with Crippen LogP contribution in [0.1, 0.15) is 40.4 Å². The van der Waals surface area contributed by atoms with Crippen LogP contribution >= 0.6 is 0 Å². The van der Waals surface area contributed by atoms with Gasteiger partial charge in [-0.3, -0.25) is 4.79 Å². The third-order valence-electron chi connectivity index (χ3n) is 4.72. The van der Waals surface area contributed by atoms with E-state index in [9.17, 15) is 4.79 Å². The van der Waals surface area contributed by atoms with E-state index in [1.165, 1.54) is 4.90 Å². The lowest BCUT2D eigenvalue weighted by atomic mass is 9.97. The Balaban J connectivity index is 1.45. The summed E-state index contributed by atoms with van der Waals surface area (Å²) in [6.45, 7) is 2.68. The molecule has 1 unspecified atom stereocenters. The lowest BCUT2D eigenvalue weighted by Gasteiger charge is -2.17. The molecule has 0 saturated heterocycles. The molecule has 29 heavy (non-hydrogen) atoms.